The minimum atomic E-state index is -0.377. The third-order valence-corrected chi connectivity index (χ3v) is 6.85. The van der Waals surface area contributed by atoms with Gasteiger partial charge >= 0.3 is 5.97 Å². The number of ether oxygens (including phenoxy) is 4. The average molecular weight is 428 g/mol. The molecule has 0 amide bonds. The van der Waals surface area contributed by atoms with E-state index in [1.54, 1.807) is 25.3 Å². The highest BCUT2D eigenvalue weighted by Gasteiger charge is 2.72. The van der Waals surface area contributed by atoms with Gasteiger partial charge in [0, 0.05) is 18.9 Å². The second-order valence-corrected chi connectivity index (χ2v) is 9.35. The lowest BCUT2D eigenvalue weighted by molar-refractivity contribution is -0.166. The van der Waals surface area contributed by atoms with Gasteiger partial charge in [-0.2, -0.15) is 0 Å². The van der Waals surface area contributed by atoms with Crippen LogP contribution in [0.25, 0.3) is 6.08 Å². The van der Waals surface area contributed by atoms with E-state index in [1.165, 1.54) is 11.6 Å². The minimum Gasteiger partial charge on any atom is -0.456 e. The average Bonchev–Trinajstić information content (AvgIpc) is 3.65. The maximum Gasteiger partial charge on any atom is 0.331 e. The van der Waals surface area contributed by atoms with Crippen LogP contribution in [0.5, 0.6) is 0 Å². The van der Waals surface area contributed by atoms with E-state index in [0.29, 0.717) is 18.7 Å². The summed E-state index contributed by atoms with van der Waals surface area (Å²) < 4.78 is 23.9. The second-order valence-electron chi connectivity index (χ2n) is 9.35. The van der Waals surface area contributed by atoms with Crippen LogP contribution < -0.4 is 5.73 Å². The number of carbonyl (C=O) groups is 1. The first-order valence-electron chi connectivity index (χ1n) is 11.0. The van der Waals surface area contributed by atoms with Crippen molar-refractivity contribution in [3.8, 4) is 0 Å². The van der Waals surface area contributed by atoms with Gasteiger partial charge in [-0.15, -0.1) is 0 Å². The topological polar surface area (TPSA) is 86.6 Å². The molecule has 3 fully saturated rings. The van der Waals surface area contributed by atoms with Crippen LogP contribution in [-0.2, 0) is 23.7 Å². The maximum atomic E-state index is 12.5. The molecule has 2 aliphatic heterocycles. The summed E-state index contributed by atoms with van der Waals surface area (Å²) in [5.41, 5.74) is 8.00. The summed E-state index contributed by atoms with van der Waals surface area (Å²) in [5, 5.41) is 0. The molecule has 4 rings (SSSR count). The van der Waals surface area contributed by atoms with E-state index < -0.39 is 0 Å². The molecule has 1 spiro atoms. The summed E-state index contributed by atoms with van der Waals surface area (Å²) in [6, 6.07) is 7.32. The predicted octanol–water partition coefficient (Wildman–Crippen LogP) is 3.90. The summed E-state index contributed by atoms with van der Waals surface area (Å²) in [6.07, 6.45) is 7.35. The van der Waals surface area contributed by atoms with Crippen LogP contribution in [0, 0.1) is 5.92 Å². The summed E-state index contributed by atoms with van der Waals surface area (Å²) in [7, 11) is 1.68. The van der Waals surface area contributed by atoms with Crippen molar-refractivity contribution in [2.75, 3.05) is 19.5 Å². The lowest BCUT2D eigenvalue weighted by Gasteiger charge is -2.42. The van der Waals surface area contributed by atoms with Crippen molar-refractivity contribution in [2.24, 2.45) is 5.92 Å². The van der Waals surface area contributed by atoms with Gasteiger partial charge in [-0.05, 0) is 63.8 Å². The molecule has 31 heavy (non-hydrogen) atoms. The van der Waals surface area contributed by atoms with Gasteiger partial charge in [0.25, 0.3) is 0 Å². The van der Waals surface area contributed by atoms with E-state index in [1.807, 2.05) is 12.1 Å². The first-order valence-corrected chi connectivity index (χ1v) is 11.0. The van der Waals surface area contributed by atoms with Gasteiger partial charge in [0.2, 0.25) is 0 Å². The van der Waals surface area contributed by atoms with Crippen molar-refractivity contribution >= 4 is 17.7 Å². The Hall–Kier alpha value is -2.15. The molecule has 2 heterocycles. The number of esters is 1. The van der Waals surface area contributed by atoms with Crippen molar-refractivity contribution in [3.63, 3.8) is 0 Å². The van der Waals surface area contributed by atoms with Crippen LogP contribution in [-0.4, -0.2) is 49.2 Å². The molecule has 6 heteroatoms. The van der Waals surface area contributed by atoms with Crippen molar-refractivity contribution in [1.82, 2.24) is 0 Å². The molecule has 6 nitrogen and oxygen atoms in total. The van der Waals surface area contributed by atoms with E-state index in [0.717, 1.165) is 18.4 Å². The molecule has 0 bridgehead atoms. The van der Waals surface area contributed by atoms with Crippen LogP contribution in [0.1, 0.15) is 45.6 Å². The quantitative estimate of drug-likeness (QED) is 0.233. The summed E-state index contributed by atoms with van der Waals surface area (Å²) in [6.45, 7) is 7.04. The summed E-state index contributed by atoms with van der Waals surface area (Å²) in [4.78, 5) is 12.5. The Morgan fingerprint density at radius 1 is 1.29 bits per heavy atom. The zero-order valence-corrected chi connectivity index (χ0v) is 18.8. The number of rotatable bonds is 7. The Balaban J connectivity index is 1.45. The molecule has 1 aromatic carbocycles. The van der Waals surface area contributed by atoms with Crippen LogP contribution in [0.4, 0.5) is 5.69 Å². The van der Waals surface area contributed by atoms with E-state index >= 15 is 0 Å². The Morgan fingerprint density at radius 3 is 2.61 bits per heavy atom. The number of nitrogens with two attached hydrogens (primary N) is 1. The molecule has 6 atom stereocenters. The molecule has 0 radical (unpaired) electrons. The number of benzene rings is 1. The van der Waals surface area contributed by atoms with Crippen LogP contribution >= 0.6 is 0 Å². The molecule has 3 aliphatic rings. The number of methoxy groups -OCH3 is 1. The first-order chi connectivity index (χ1) is 14.8. The van der Waals surface area contributed by atoms with Gasteiger partial charge in [0.15, 0.2) is 0 Å². The fraction of sp³-hybridized carbons (Fsp3) is 0.560. The smallest absolute Gasteiger partial charge is 0.331 e. The third kappa shape index (κ3) is 4.56. The summed E-state index contributed by atoms with van der Waals surface area (Å²) in [5.74, 6) is -0.355. The molecule has 2 N–H and O–H groups in total. The number of hydrogen-bond acceptors (Lipinski definition) is 6. The fourth-order valence-electron chi connectivity index (χ4n) is 5.03. The SMILES string of the molecule is CO[C@@H]1[C@H](OC(=O)/C=C/c2ccc(N)cc2)CC[C@]2(CO2)[C@H]1[C@@]1(C)O[C@H]1CC=C(C)C. The Labute approximate surface area is 184 Å². The van der Waals surface area contributed by atoms with Crippen LogP contribution in [0.15, 0.2) is 42.0 Å². The van der Waals surface area contributed by atoms with E-state index in [-0.39, 0.29) is 41.4 Å². The highest BCUT2D eigenvalue weighted by atomic mass is 16.6. The van der Waals surface area contributed by atoms with Crippen molar-refractivity contribution in [1.29, 1.82) is 0 Å². The van der Waals surface area contributed by atoms with Crippen LogP contribution in [0.3, 0.4) is 0 Å². The van der Waals surface area contributed by atoms with Gasteiger partial charge < -0.3 is 24.7 Å². The Bertz CT molecular complexity index is 868. The molecule has 0 unspecified atom stereocenters. The van der Waals surface area contributed by atoms with E-state index in [9.17, 15) is 4.79 Å². The first kappa shape index (κ1) is 22.1. The fourth-order valence-corrected chi connectivity index (χ4v) is 5.03. The normalized spacial score (nSPS) is 36.4. The van der Waals surface area contributed by atoms with Crippen LogP contribution in [0.2, 0.25) is 0 Å². The predicted molar refractivity (Wildman–Crippen MR) is 119 cm³/mol. The number of allylic oxidation sites excluding steroid dienone is 1. The standard InChI is InChI=1S/C25H33NO5/c1-16(2)5-11-20-24(3,31-20)23-22(28-4)19(13-14-25(23)15-29-25)30-21(27)12-8-17-6-9-18(26)10-7-17/h5-10,12,19-20,22-23H,11,13-15,26H2,1-4H3/b12-8+/t19-,20+,22-,23-,24+,25+/m1/s1. The number of hydrogen-bond donors (Lipinski definition) is 1. The van der Waals surface area contributed by atoms with Gasteiger partial charge in [-0.3, -0.25) is 0 Å². The highest BCUT2D eigenvalue weighted by Crippen LogP contribution is 2.59. The molecule has 2 saturated heterocycles. The van der Waals surface area contributed by atoms with Gasteiger partial charge in [0.1, 0.15) is 23.4 Å². The molecule has 0 aromatic heterocycles. The Kier molecular flexibility index (Phi) is 5.99. The highest BCUT2D eigenvalue weighted by molar-refractivity contribution is 5.87. The van der Waals surface area contributed by atoms with Crippen molar-refractivity contribution in [3.05, 3.63) is 47.6 Å². The lowest BCUT2D eigenvalue weighted by Crippen LogP contribution is -2.55. The molecule has 1 aliphatic carbocycles. The van der Waals surface area contributed by atoms with E-state index in [2.05, 4.69) is 26.8 Å². The van der Waals surface area contributed by atoms with Gasteiger partial charge in [0.05, 0.1) is 18.6 Å². The number of carbonyl (C=O) groups excluding carboxylic acids is 1. The van der Waals surface area contributed by atoms with Gasteiger partial charge in [-0.25, -0.2) is 4.79 Å². The molecule has 1 saturated carbocycles. The third-order valence-electron chi connectivity index (χ3n) is 6.85. The molecular weight excluding hydrogens is 394 g/mol. The number of anilines is 1. The van der Waals surface area contributed by atoms with Gasteiger partial charge in [-0.1, -0.05) is 23.8 Å². The zero-order valence-electron chi connectivity index (χ0n) is 18.8. The molecule has 168 valence electrons. The second kappa shape index (κ2) is 8.41. The monoisotopic (exact) mass is 427 g/mol. The summed E-state index contributed by atoms with van der Waals surface area (Å²) >= 11 is 0. The largest absolute Gasteiger partial charge is 0.456 e. The zero-order chi connectivity index (χ0) is 22.2. The van der Waals surface area contributed by atoms with E-state index in [4.69, 9.17) is 24.7 Å². The van der Waals surface area contributed by atoms with Crippen molar-refractivity contribution in [2.45, 2.75) is 69.5 Å². The maximum absolute atomic E-state index is 12.5. The number of epoxide rings is 2. The van der Waals surface area contributed by atoms with Crippen molar-refractivity contribution < 1.29 is 23.7 Å². The molecule has 1 aromatic rings. The minimum absolute atomic E-state index is 0.0215. The Morgan fingerprint density at radius 2 is 2.00 bits per heavy atom. The molecular formula is C25H33NO5. The lowest BCUT2D eigenvalue weighted by atomic mass is 9.68. The number of nitrogen functional groups attached to an aromatic ring is 1.